The number of nitrogens with one attached hydrogen (secondary N) is 2. The molecule has 0 saturated heterocycles. The van der Waals surface area contributed by atoms with E-state index in [-0.39, 0.29) is 58.8 Å². The van der Waals surface area contributed by atoms with Gasteiger partial charge in [0.25, 0.3) is 0 Å². The number of carboxylic acids is 2. The van der Waals surface area contributed by atoms with Crippen molar-refractivity contribution in [1.82, 2.24) is 20.6 Å². The van der Waals surface area contributed by atoms with E-state index in [9.17, 15) is 19.8 Å². The predicted molar refractivity (Wildman–Crippen MR) is 275 cm³/mol. The lowest BCUT2D eigenvalue weighted by Crippen LogP contribution is -2.39. The van der Waals surface area contributed by atoms with E-state index < -0.39 is 24.0 Å². The molecule has 1 aliphatic rings. The summed E-state index contributed by atoms with van der Waals surface area (Å²) in [5.74, 6) is -0.414. The van der Waals surface area contributed by atoms with Crippen LogP contribution in [0.25, 0.3) is 11.1 Å². The Balaban J connectivity index is 1.08. The summed E-state index contributed by atoms with van der Waals surface area (Å²) in [5, 5.41) is 26.1. The van der Waals surface area contributed by atoms with E-state index in [2.05, 4.69) is 42.7 Å². The number of benzene rings is 4. The normalized spacial score (nSPS) is 13.7. The maximum atomic E-state index is 11.9. The highest BCUT2D eigenvalue weighted by Gasteiger charge is 2.22. The molecule has 72 heavy (non-hydrogen) atoms. The van der Waals surface area contributed by atoms with Crippen LogP contribution in [-0.2, 0) is 58.6 Å². The molecule has 2 aromatic heterocycles. The van der Waals surface area contributed by atoms with Crippen LogP contribution in [-0.4, -0.2) is 91.1 Å². The summed E-state index contributed by atoms with van der Waals surface area (Å²) in [6, 6.07) is 21.0. The largest absolute Gasteiger partial charge is 0.488 e. The molecule has 376 valence electrons. The van der Waals surface area contributed by atoms with Crippen molar-refractivity contribution in [2.45, 2.75) is 71.5 Å². The Kier molecular flexibility index (Phi) is 18.7. The van der Waals surface area contributed by atoms with Gasteiger partial charge in [0.05, 0.1) is 23.3 Å². The Bertz CT molecular complexity index is 2930. The lowest BCUT2D eigenvalue weighted by molar-refractivity contribution is -0.141. The molecule has 0 spiro atoms. The summed E-state index contributed by atoms with van der Waals surface area (Å²) in [7, 11) is 4.57. The molecular weight excluding hydrogens is 964 g/mol. The second-order valence-electron chi connectivity index (χ2n) is 17.0. The van der Waals surface area contributed by atoms with Gasteiger partial charge in [0.1, 0.15) is 67.6 Å². The average molecular weight is 1020 g/mol. The van der Waals surface area contributed by atoms with Gasteiger partial charge >= 0.3 is 11.9 Å². The molecule has 16 nitrogen and oxygen atoms in total. The van der Waals surface area contributed by atoms with E-state index in [4.69, 9.17) is 51.6 Å². The van der Waals surface area contributed by atoms with Crippen LogP contribution in [0.4, 0.5) is 0 Å². The first-order chi connectivity index (χ1) is 34.8. The fourth-order valence-corrected chi connectivity index (χ4v) is 8.30. The molecule has 7 rings (SSSR count). The van der Waals surface area contributed by atoms with E-state index in [1.54, 1.807) is 62.3 Å². The summed E-state index contributed by atoms with van der Waals surface area (Å²) >= 11 is 13.7. The van der Waals surface area contributed by atoms with Gasteiger partial charge in [-0.15, -0.1) is 0 Å². The highest BCUT2D eigenvalue weighted by Crippen LogP contribution is 2.38. The fourth-order valence-electron chi connectivity index (χ4n) is 7.82. The first kappa shape index (κ1) is 52.9. The van der Waals surface area contributed by atoms with Crippen LogP contribution in [0.5, 0.6) is 23.0 Å². The van der Waals surface area contributed by atoms with Crippen LogP contribution in [0, 0.1) is 13.8 Å². The van der Waals surface area contributed by atoms with Gasteiger partial charge in [-0.1, -0.05) is 59.6 Å². The lowest BCUT2D eigenvalue weighted by Gasteiger charge is -2.20. The van der Waals surface area contributed by atoms with Crippen LogP contribution >= 0.6 is 23.2 Å². The second-order valence-corrected chi connectivity index (χ2v) is 17.8. The van der Waals surface area contributed by atoms with Gasteiger partial charge < -0.3 is 38.6 Å². The van der Waals surface area contributed by atoms with Gasteiger partial charge in [0.15, 0.2) is 0 Å². The molecule has 3 heterocycles. The van der Waals surface area contributed by atoms with Crippen molar-refractivity contribution in [3.05, 3.63) is 163 Å². The number of aliphatic imine (C=N–C) groups is 2. The number of rotatable bonds is 27. The number of carbonyl (C=O) groups is 2. The zero-order valence-electron chi connectivity index (χ0n) is 40.5. The Morgan fingerprint density at radius 2 is 1.12 bits per heavy atom. The smallest absolute Gasteiger partial charge is 0.323 e. The molecule has 4 aromatic carbocycles. The number of carboxylic acid groups (broad SMARTS) is 2. The van der Waals surface area contributed by atoms with E-state index in [0.29, 0.717) is 44.2 Å². The number of hydrogen-bond acceptors (Lipinski definition) is 14. The number of aliphatic carboxylic acids is 2. The van der Waals surface area contributed by atoms with E-state index in [1.165, 1.54) is 14.2 Å². The van der Waals surface area contributed by atoms with Crippen molar-refractivity contribution >= 4 is 47.6 Å². The van der Waals surface area contributed by atoms with Crippen molar-refractivity contribution < 1.29 is 48.2 Å². The SMILES string of the molecule is CN=Cc1cncc(COc2cc(OCc3cccc(-c4cccc(COc5cc(OCc6cncc(C7C=N7)c6)c(CN[C@@H](COC)C(=O)O)cc5Cl)c4C)c3C)c(Cl)cc2CN[C@@H](COC)C(=O)O)c1. The summed E-state index contributed by atoms with van der Waals surface area (Å²) in [4.78, 5) is 40.8. The minimum Gasteiger partial charge on any atom is -0.488 e. The number of halogens is 2. The van der Waals surface area contributed by atoms with Crippen molar-refractivity contribution in [2.24, 2.45) is 9.98 Å². The molecule has 0 bridgehead atoms. The molecule has 18 heteroatoms. The van der Waals surface area contributed by atoms with Gasteiger partial charge in [-0.3, -0.25) is 40.2 Å². The third-order valence-corrected chi connectivity index (χ3v) is 12.4. The Morgan fingerprint density at radius 3 is 1.58 bits per heavy atom. The third-order valence-electron chi connectivity index (χ3n) is 11.9. The van der Waals surface area contributed by atoms with Gasteiger partial charge in [-0.05, 0) is 71.5 Å². The quantitative estimate of drug-likeness (QED) is 0.0356. The first-order valence-electron chi connectivity index (χ1n) is 22.9. The van der Waals surface area contributed by atoms with E-state index in [1.807, 2.05) is 56.5 Å². The molecule has 1 aliphatic heterocycles. The molecular formula is C54H56Cl2N6O10. The predicted octanol–water partition coefficient (Wildman–Crippen LogP) is 8.94. The number of pyridine rings is 2. The number of hydrogen-bond donors (Lipinski definition) is 4. The number of aromatic nitrogens is 2. The van der Waals surface area contributed by atoms with Crippen LogP contribution in [0.1, 0.15) is 61.7 Å². The zero-order chi connectivity index (χ0) is 51.1. The number of ether oxygens (including phenoxy) is 6. The Morgan fingerprint density at radius 1 is 0.653 bits per heavy atom. The highest BCUT2D eigenvalue weighted by atomic mass is 35.5. The van der Waals surface area contributed by atoms with Crippen LogP contribution < -0.4 is 29.6 Å². The highest BCUT2D eigenvalue weighted by molar-refractivity contribution is 6.32. The van der Waals surface area contributed by atoms with Gasteiger partial charge in [-0.2, -0.15) is 0 Å². The molecule has 0 radical (unpaired) electrons. The topological polar surface area (TPSA) is 205 Å². The van der Waals surface area contributed by atoms with Crippen LogP contribution in [0.3, 0.4) is 0 Å². The summed E-state index contributed by atoms with van der Waals surface area (Å²) < 4.78 is 35.7. The standard InChI is InChI=1S/C54H56Cl2N6O10/c1-32-37(28-71-51-16-49(69-26-35-12-34(18-57-3)19-58-20-35)40(14-44(51)55)23-60-47(30-67-4)53(63)64)8-6-10-42(32)43-11-7-9-38(33(43)2)29-72-52-17-50(70-27-36-13-39(22-59-21-36)46-25-62-46)41(15-45(52)56)24-61-48(31-68-5)54(65)66/h6-22,25,46-48,60-61H,23-24,26-31H2,1-5H3,(H,63,64)(H,65,66)/t46?,47-,48-/m0/s1. The summed E-state index contributed by atoms with van der Waals surface area (Å²) in [6.45, 7) is 5.02. The van der Waals surface area contributed by atoms with Crippen molar-refractivity contribution in [3.8, 4) is 34.1 Å². The monoisotopic (exact) mass is 1020 g/mol. The Labute approximate surface area is 428 Å². The molecule has 0 saturated carbocycles. The van der Waals surface area contributed by atoms with Crippen molar-refractivity contribution in [2.75, 3.05) is 34.5 Å². The Hall–Kier alpha value is -6.92. The zero-order valence-corrected chi connectivity index (χ0v) is 42.0. The van der Waals surface area contributed by atoms with Crippen molar-refractivity contribution in [1.29, 1.82) is 0 Å². The van der Waals surface area contributed by atoms with E-state index in [0.717, 1.165) is 55.6 Å². The minimum atomic E-state index is -1.05. The molecule has 1 unspecified atom stereocenters. The molecule has 6 aromatic rings. The first-order valence-corrected chi connectivity index (χ1v) is 23.7. The number of methoxy groups -OCH3 is 2. The van der Waals surface area contributed by atoms with Crippen LogP contribution in [0.15, 0.2) is 108 Å². The molecule has 3 atom stereocenters. The maximum absolute atomic E-state index is 11.9. The maximum Gasteiger partial charge on any atom is 0.323 e. The third kappa shape index (κ3) is 14.1. The van der Waals surface area contributed by atoms with Gasteiger partial charge in [0, 0.05) is 117 Å². The average Bonchev–Trinajstić information content (AvgIpc) is 4.22. The van der Waals surface area contributed by atoms with Gasteiger partial charge in [0.2, 0.25) is 0 Å². The molecule has 0 aliphatic carbocycles. The van der Waals surface area contributed by atoms with Gasteiger partial charge in [-0.25, -0.2) is 0 Å². The lowest BCUT2D eigenvalue weighted by atomic mass is 9.92. The molecule has 0 fully saturated rings. The number of nitrogens with zero attached hydrogens (tertiary/aromatic N) is 4. The second kappa shape index (κ2) is 25.5. The van der Waals surface area contributed by atoms with Crippen LogP contribution in [0.2, 0.25) is 10.0 Å². The minimum absolute atomic E-state index is 0.0290. The van der Waals surface area contributed by atoms with Crippen molar-refractivity contribution in [3.63, 3.8) is 0 Å². The molecule has 4 N–H and O–H groups in total. The molecule has 0 amide bonds. The van der Waals surface area contributed by atoms with E-state index >= 15 is 0 Å². The summed E-state index contributed by atoms with van der Waals surface area (Å²) in [6.07, 6.45) is 10.5. The fraction of sp³-hybridized carbons (Fsp3) is 0.296. The summed E-state index contributed by atoms with van der Waals surface area (Å²) in [5.41, 5.74) is 10.6.